The van der Waals surface area contributed by atoms with Crippen LogP contribution in [0.3, 0.4) is 0 Å². The summed E-state index contributed by atoms with van der Waals surface area (Å²) in [6.07, 6.45) is 7.85. The molecule has 7 heteroatoms. The summed E-state index contributed by atoms with van der Waals surface area (Å²) < 4.78 is 0. The highest BCUT2D eigenvalue weighted by molar-refractivity contribution is 7.99. The highest BCUT2D eigenvalue weighted by Crippen LogP contribution is 2.30. The topological polar surface area (TPSA) is 63.6 Å². The van der Waals surface area contributed by atoms with Gasteiger partial charge in [0.25, 0.3) is 0 Å². The van der Waals surface area contributed by atoms with Crippen molar-refractivity contribution in [2.45, 2.75) is 43.5 Å². The van der Waals surface area contributed by atoms with E-state index in [-0.39, 0.29) is 0 Å². The average Bonchev–Trinajstić information content (AvgIpc) is 3.27. The highest BCUT2D eigenvalue weighted by Gasteiger charge is 2.06. The Morgan fingerprint density at radius 3 is 2.56 bits per heavy atom. The van der Waals surface area contributed by atoms with Crippen LogP contribution in [-0.4, -0.2) is 19.9 Å². The zero-order valence-electron chi connectivity index (χ0n) is 19.5. The van der Waals surface area contributed by atoms with Gasteiger partial charge in [-0.05, 0) is 61.7 Å². The van der Waals surface area contributed by atoms with E-state index < -0.39 is 0 Å². The Morgan fingerprint density at radius 1 is 0.941 bits per heavy atom. The molecular weight excluding hydrogens is 458 g/mol. The number of anilines is 2. The first kappa shape index (κ1) is 23.9. The SMILES string of the molecule is CCCc1cccc2ncccc12.Cc1csc(Nc2cc(C)c(Sc3ccccn3)cn2)n1. The van der Waals surface area contributed by atoms with Gasteiger partial charge >= 0.3 is 0 Å². The number of thiazole rings is 1. The number of aryl methyl sites for hydroxylation is 3. The molecule has 0 unspecified atom stereocenters. The van der Waals surface area contributed by atoms with Crippen LogP contribution < -0.4 is 5.32 Å². The normalized spacial score (nSPS) is 10.6. The molecule has 5 rings (SSSR count). The zero-order chi connectivity index (χ0) is 23.8. The minimum atomic E-state index is 0.812. The first-order valence-electron chi connectivity index (χ1n) is 11.2. The molecule has 0 aliphatic heterocycles. The lowest BCUT2D eigenvalue weighted by Crippen LogP contribution is -1.94. The van der Waals surface area contributed by atoms with E-state index in [1.165, 1.54) is 17.4 Å². The van der Waals surface area contributed by atoms with Gasteiger partial charge in [-0.15, -0.1) is 11.3 Å². The zero-order valence-corrected chi connectivity index (χ0v) is 21.2. The fourth-order valence-electron chi connectivity index (χ4n) is 3.41. The number of nitrogens with one attached hydrogen (secondary N) is 1. The van der Waals surface area contributed by atoms with E-state index in [0.717, 1.165) is 44.1 Å². The number of nitrogens with zero attached hydrogens (tertiary/aromatic N) is 4. The van der Waals surface area contributed by atoms with E-state index in [2.05, 4.69) is 63.4 Å². The standard InChI is InChI=1S/C15H14N4S2.C12H13N/c1-10-7-13(19-15-18-11(2)9-20-15)17-8-12(10)21-14-5-3-4-6-16-14;1-2-5-10-6-3-8-12-11(10)7-4-9-13-12/h3-9H,1-2H3,(H,17,18,19);3-4,6-9H,2,5H2,1H3. The molecule has 0 aliphatic carbocycles. The van der Waals surface area contributed by atoms with Gasteiger partial charge in [0.15, 0.2) is 5.13 Å². The Balaban J connectivity index is 0.000000180. The second kappa shape index (κ2) is 11.7. The van der Waals surface area contributed by atoms with Crippen molar-refractivity contribution in [3.05, 3.63) is 95.4 Å². The average molecular weight is 486 g/mol. The number of rotatable bonds is 6. The van der Waals surface area contributed by atoms with Gasteiger partial charge in [-0.2, -0.15) is 0 Å². The molecule has 0 atom stereocenters. The second-order valence-electron chi connectivity index (χ2n) is 7.76. The maximum Gasteiger partial charge on any atom is 0.188 e. The van der Waals surface area contributed by atoms with Crippen LogP contribution in [0.5, 0.6) is 0 Å². The molecule has 5 aromatic rings. The molecule has 4 aromatic heterocycles. The summed E-state index contributed by atoms with van der Waals surface area (Å²) in [7, 11) is 0. The molecule has 0 bridgehead atoms. The van der Waals surface area contributed by atoms with Gasteiger partial charge < -0.3 is 5.32 Å². The molecule has 5 nitrogen and oxygen atoms in total. The smallest absolute Gasteiger partial charge is 0.188 e. The lowest BCUT2D eigenvalue weighted by molar-refractivity contribution is 0.929. The first-order chi connectivity index (χ1) is 16.6. The van der Waals surface area contributed by atoms with Crippen molar-refractivity contribution in [2.24, 2.45) is 0 Å². The summed E-state index contributed by atoms with van der Waals surface area (Å²) in [6, 6.07) is 18.4. The van der Waals surface area contributed by atoms with Crippen molar-refractivity contribution in [3.63, 3.8) is 0 Å². The lowest BCUT2D eigenvalue weighted by atomic mass is 10.0. The number of pyridine rings is 3. The van der Waals surface area contributed by atoms with Gasteiger partial charge in [0.1, 0.15) is 10.8 Å². The molecule has 1 N–H and O–H groups in total. The third-order valence-corrected chi connectivity index (χ3v) is 7.00. The van der Waals surface area contributed by atoms with Gasteiger partial charge in [0, 0.05) is 34.3 Å². The van der Waals surface area contributed by atoms with Crippen LogP contribution in [0.15, 0.2) is 88.5 Å². The first-order valence-corrected chi connectivity index (χ1v) is 12.9. The lowest BCUT2D eigenvalue weighted by Gasteiger charge is -2.07. The summed E-state index contributed by atoms with van der Waals surface area (Å²) >= 11 is 3.20. The third-order valence-electron chi connectivity index (χ3n) is 5.02. The summed E-state index contributed by atoms with van der Waals surface area (Å²) in [6.45, 7) is 6.26. The van der Waals surface area contributed by atoms with Crippen molar-refractivity contribution >= 4 is 45.0 Å². The number of hydrogen-bond donors (Lipinski definition) is 1. The summed E-state index contributed by atoms with van der Waals surface area (Å²) in [5.41, 5.74) is 4.69. The van der Waals surface area contributed by atoms with Crippen LogP contribution in [0.1, 0.15) is 30.2 Å². The monoisotopic (exact) mass is 485 g/mol. The molecule has 0 fully saturated rings. The largest absolute Gasteiger partial charge is 0.316 e. The Labute approximate surface area is 208 Å². The van der Waals surface area contributed by atoms with Crippen LogP contribution in [0, 0.1) is 13.8 Å². The maximum atomic E-state index is 4.45. The molecule has 0 saturated heterocycles. The van der Waals surface area contributed by atoms with Crippen LogP contribution >= 0.6 is 23.1 Å². The fraction of sp³-hybridized carbons (Fsp3) is 0.185. The minimum absolute atomic E-state index is 0.812. The third kappa shape index (κ3) is 6.40. The van der Waals surface area contributed by atoms with E-state index in [1.54, 1.807) is 29.3 Å². The second-order valence-corrected chi connectivity index (χ2v) is 9.68. The van der Waals surface area contributed by atoms with Crippen molar-refractivity contribution in [3.8, 4) is 0 Å². The van der Waals surface area contributed by atoms with Crippen LogP contribution in [-0.2, 0) is 6.42 Å². The quantitative estimate of drug-likeness (QED) is 0.267. The van der Waals surface area contributed by atoms with Crippen molar-refractivity contribution in [2.75, 3.05) is 5.32 Å². The summed E-state index contributed by atoms with van der Waals surface area (Å²) in [5, 5.41) is 8.38. The molecule has 34 heavy (non-hydrogen) atoms. The Bertz CT molecular complexity index is 1350. The molecular formula is C27H27N5S2. The fourth-order valence-corrected chi connectivity index (χ4v) is 4.92. The summed E-state index contributed by atoms with van der Waals surface area (Å²) in [4.78, 5) is 18.6. The van der Waals surface area contributed by atoms with Gasteiger partial charge in [-0.3, -0.25) is 4.98 Å². The van der Waals surface area contributed by atoms with E-state index in [4.69, 9.17) is 0 Å². The van der Waals surface area contributed by atoms with Gasteiger partial charge in [0.2, 0.25) is 0 Å². The predicted molar refractivity (Wildman–Crippen MR) is 143 cm³/mol. The number of aromatic nitrogens is 4. The van der Waals surface area contributed by atoms with Gasteiger partial charge in [-0.25, -0.2) is 15.0 Å². The molecule has 0 saturated carbocycles. The van der Waals surface area contributed by atoms with Crippen molar-refractivity contribution in [1.82, 2.24) is 19.9 Å². The van der Waals surface area contributed by atoms with Crippen LogP contribution in [0.4, 0.5) is 10.9 Å². The molecule has 1 aromatic carbocycles. The van der Waals surface area contributed by atoms with E-state index >= 15 is 0 Å². The van der Waals surface area contributed by atoms with Gasteiger partial charge in [-0.1, -0.05) is 49.4 Å². The van der Waals surface area contributed by atoms with Crippen molar-refractivity contribution < 1.29 is 0 Å². The van der Waals surface area contributed by atoms with Crippen LogP contribution in [0.25, 0.3) is 10.9 Å². The highest BCUT2D eigenvalue weighted by atomic mass is 32.2. The Kier molecular flexibility index (Phi) is 8.22. The number of fused-ring (bicyclic) bond motifs is 1. The number of benzene rings is 1. The van der Waals surface area contributed by atoms with Gasteiger partial charge in [0.05, 0.1) is 11.2 Å². The Morgan fingerprint density at radius 2 is 1.82 bits per heavy atom. The summed E-state index contributed by atoms with van der Waals surface area (Å²) in [5.74, 6) is 0.812. The molecule has 4 heterocycles. The molecule has 0 amide bonds. The predicted octanol–water partition coefficient (Wildman–Crippen LogP) is 7.63. The number of hydrogen-bond acceptors (Lipinski definition) is 7. The maximum absolute atomic E-state index is 4.45. The molecule has 172 valence electrons. The molecule has 0 radical (unpaired) electrons. The van der Waals surface area contributed by atoms with Crippen LogP contribution in [0.2, 0.25) is 0 Å². The molecule has 0 aliphatic rings. The van der Waals surface area contributed by atoms with Crippen molar-refractivity contribution in [1.29, 1.82) is 0 Å². The van der Waals surface area contributed by atoms with E-state index in [1.807, 2.05) is 55.0 Å². The Hall–Kier alpha value is -3.29. The van der Waals surface area contributed by atoms with E-state index in [0.29, 0.717) is 0 Å². The minimum Gasteiger partial charge on any atom is -0.316 e. The molecule has 0 spiro atoms. The van der Waals surface area contributed by atoms with E-state index in [9.17, 15) is 0 Å².